The van der Waals surface area contributed by atoms with Crippen LogP contribution in [0.4, 0.5) is 0 Å². The predicted molar refractivity (Wildman–Crippen MR) is 113 cm³/mol. The molecule has 26 heavy (non-hydrogen) atoms. The van der Waals surface area contributed by atoms with Gasteiger partial charge in [-0.05, 0) is 43.5 Å². The van der Waals surface area contributed by atoms with Crippen molar-refractivity contribution in [3.63, 3.8) is 0 Å². The maximum absolute atomic E-state index is 12.8. The van der Waals surface area contributed by atoms with Gasteiger partial charge in [0.1, 0.15) is 5.75 Å². The lowest BCUT2D eigenvalue weighted by molar-refractivity contribution is 0.0965. The Bertz CT molecular complexity index is 679. The molecule has 0 aliphatic rings. The van der Waals surface area contributed by atoms with Crippen molar-refractivity contribution in [1.82, 2.24) is 4.90 Å². The van der Waals surface area contributed by atoms with Crippen LogP contribution in [-0.4, -0.2) is 37.4 Å². The van der Waals surface area contributed by atoms with Gasteiger partial charge in [0, 0.05) is 23.9 Å². The van der Waals surface area contributed by atoms with Crippen LogP contribution in [0.3, 0.4) is 0 Å². The highest BCUT2D eigenvalue weighted by molar-refractivity contribution is 6.09. The van der Waals surface area contributed by atoms with Crippen LogP contribution in [0.25, 0.3) is 10.8 Å². The summed E-state index contributed by atoms with van der Waals surface area (Å²) in [5.41, 5.74) is 0.808. The molecule has 0 aromatic heterocycles. The highest BCUT2D eigenvalue weighted by atomic mass is 35.5. The normalized spacial score (nSPS) is 10.8. The maximum Gasteiger partial charge on any atom is 0.164 e. The largest absolute Gasteiger partial charge is 0.496 e. The molecular formula is C22H32ClNO2. The third kappa shape index (κ3) is 6.00. The lowest BCUT2D eigenvalue weighted by Gasteiger charge is -2.21. The van der Waals surface area contributed by atoms with E-state index in [-0.39, 0.29) is 18.2 Å². The minimum atomic E-state index is 0. The Morgan fingerprint density at radius 3 is 2.12 bits per heavy atom. The quantitative estimate of drug-likeness (QED) is 0.467. The SMILES string of the molecule is CCCCN(CCCC)CCC(=O)c1ccc(OC)c2ccccc12.Cl. The molecule has 0 fully saturated rings. The summed E-state index contributed by atoms with van der Waals surface area (Å²) in [5, 5.41) is 1.99. The first kappa shape index (κ1) is 22.5. The second-order valence-electron chi connectivity index (χ2n) is 6.58. The van der Waals surface area contributed by atoms with Crippen LogP contribution >= 0.6 is 12.4 Å². The summed E-state index contributed by atoms with van der Waals surface area (Å²) in [6, 6.07) is 11.8. The number of ether oxygens (including phenoxy) is 1. The minimum Gasteiger partial charge on any atom is -0.496 e. The Labute approximate surface area is 164 Å². The third-order valence-electron chi connectivity index (χ3n) is 4.72. The number of carbonyl (C=O) groups excluding carboxylic acids is 1. The Morgan fingerprint density at radius 2 is 1.54 bits per heavy atom. The molecule has 0 unspecified atom stereocenters. The highest BCUT2D eigenvalue weighted by Crippen LogP contribution is 2.29. The van der Waals surface area contributed by atoms with E-state index in [4.69, 9.17) is 4.74 Å². The molecule has 0 aliphatic heterocycles. The van der Waals surface area contributed by atoms with Gasteiger partial charge in [0.05, 0.1) is 7.11 Å². The Hall–Kier alpha value is -1.58. The number of rotatable bonds is 11. The van der Waals surface area contributed by atoms with Crippen LogP contribution in [-0.2, 0) is 0 Å². The molecule has 0 saturated carbocycles. The molecule has 144 valence electrons. The van der Waals surface area contributed by atoms with Gasteiger partial charge in [0.15, 0.2) is 5.78 Å². The van der Waals surface area contributed by atoms with Crippen molar-refractivity contribution in [3.8, 4) is 5.75 Å². The molecule has 0 radical (unpaired) electrons. The zero-order valence-electron chi connectivity index (χ0n) is 16.3. The number of hydrogen-bond donors (Lipinski definition) is 0. The fourth-order valence-electron chi connectivity index (χ4n) is 3.19. The molecule has 0 N–H and O–H groups in total. The van der Waals surface area contributed by atoms with Gasteiger partial charge in [-0.2, -0.15) is 0 Å². The van der Waals surface area contributed by atoms with E-state index >= 15 is 0 Å². The van der Waals surface area contributed by atoms with Crippen LogP contribution in [0.5, 0.6) is 5.75 Å². The van der Waals surface area contributed by atoms with E-state index < -0.39 is 0 Å². The summed E-state index contributed by atoms with van der Waals surface area (Å²) in [4.78, 5) is 15.3. The van der Waals surface area contributed by atoms with E-state index in [1.807, 2.05) is 36.4 Å². The van der Waals surface area contributed by atoms with E-state index in [2.05, 4.69) is 18.7 Å². The molecule has 0 atom stereocenters. The van der Waals surface area contributed by atoms with E-state index in [0.29, 0.717) is 6.42 Å². The molecule has 0 saturated heterocycles. The minimum absolute atomic E-state index is 0. The Balaban J connectivity index is 0.00000338. The summed E-state index contributed by atoms with van der Waals surface area (Å²) >= 11 is 0. The van der Waals surface area contributed by atoms with Gasteiger partial charge in [-0.25, -0.2) is 0 Å². The number of hydrogen-bond acceptors (Lipinski definition) is 3. The Kier molecular flexibility index (Phi) is 10.3. The first-order chi connectivity index (χ1) is 12.2. The number of fused-ring (bicyclic) bond motifs is 1. The summed E-state index contributed by atoms with van der Waals surface area (Å²) in [5.74, 6) is 1.04. The number of carbonyl (C=O) groups is 1. The van der Waals surface area contributed by atoms with E-state index in [0.717, 1.165) is 41.7 Å². The van der Waals surface area contributed by atoms with Crippen molar-refractivity contribution >= 4 is 29.0 Å². The fourth-order valence-corrected chi connectivity index (χ4v) is 3.19. The lowest BCUT2D eigenvalue weighted by atomic mass is 9.99. The summed E-state index contributed by atoms with van der Waals surface area (Å²) in [6.45, 7) is 7.46. The number of Topliss-reactive ketones (excluding diaryl/α,β-unsaturated/α-hetero) is 1. The highest BCUT2D eigenvalue weighted by Gasteiger charge is 2.14. The second kappa shape index (κ2) is 11.9. The molecule has 0 amide bonds. The van der Waals surface area contributed by atoms with Crippen LogP contribution in [0, 0.1) is 0 Å². The lowest BCUT2D eigenvalue weighted by Crippen LogP contribution is -2.28. The van der Waals surface area contributed by atoms with Crippen LogP contribution in [0.1, 0.15) is 56.3 Å². The van der Waals surface area contributed by atoms with Crippen molar-refractivity contribution in [3.05, 3.63) is 42.0 Å². The van der Waals surface area contributed by atoms with Crippen molar-refractivity contribution in [2.75, 3.05) is 26.7 Å². The Morgan fingerprint density at radius 1 is 0.923 bits per heavy atom. The van der Waals surface area contributed by atoms with E-state index in [1.165, 1.54) is 25.7 Å². The van der Waals surface area contributed by atoms with Crippen molar-refractivity contribution < 1.29 is 9.53 Å². The molecule has 2 aromatic rings. The average Bonchev–Trinajstić information content (AvgIpc) is 2.66. The van der Waals surface area contributed by atoms with Crippen LogP contribution in [0.15, 0.2) is 36.4 Å². The van der Waals surface area contributed by atoms with Crippen LogP contribution in [0.2, 0.25) is 0 Å². The summed E-state index contributed by atoms with van der Waals surface area (Å²) in [6.07, 6.45) is 5.36. The number of nitrogens with zero attached hydrogens (tertiary/aromatic N) is 1. The summed E-state index contributed by atoms with van der Waals surface area (Å²) in [7, 11) is 1.67. The molecule has 0 spiro atoms. The second-order valence-corrected chi connectivity index (χ2v) is 6.58. The molecule has 4 heteroatoms. The maximum atomic E-state index is 12.8. The van der Waals surface area contributed by atoms with Crippen LogP contribution < -0.4 is 4.74 Å². The predicted octanol–water partition coefficient (Wildman–Crippen LogP) is 5.75. The van der Waals surface area contributed by atoms with Gasteiger partial charge in [0.25, 0.3) is 0 Å². The van der Waals surface area contributed by atoms with Crippen molar-refractivity contribution in [2.45, 2.75) is 46.0 Å². The molecular weight excluding hydrogens is 346 g/mol. The monoisotopic (exact) mass is 377 g/mol. The molecule has 0 heterocycles. The van der Waals surface area contributed by atoms with E-state index in [1.54, 1.807) is 7.11 Å². The van der Waals surface area contributed by atoms with Gasteiger partial charge in [-0.3, -0.25) is 4.79 Å². The van der Waals surface area contributed by atoms with Gasteiger partial charge in [-0.15, -0.1) is 12.4 Å². The smallest absolute Gasteiger partial charge is 0.164 e. The topological polar surface area (TPSA) is 29.5 Å². The van der Waals surface area contributed by atoms with Gasteiger partial charge < -0.3 is 9.64 Å². The first-order valence-electron chi connectivity index (χ1n) is 9.52. The summed E-state index contributed by atoms with van der Waals surface area (Å²) < 4.78 is 5.43. The number of halogens is 1. The first-order valence-corrected chi connectivity index (χ1v) is 9.52. The molecule has 3 nitrogen and oxygen atoms in total. The molecule has 2 aromatic carbocycles. The van der Waals surface area contributed by atoms with Gasteiger partial charge >= 0.3 is 0 Å². The third-order valence-corrected chi connectivity index (χ3v) is 4.72. The number of unbranched alkanes of at least 4 members (excludes halogenated alkanes) is 2. The fraction of sp³-hybridized carbons (Fsp3) is 0.500. The van der Waals surface area contributed by atoms with Gasteiger partial charge in [-0.1, -0.05) is 51.0 Å². The number of benzene rings is 2. The zero-order valence-corrected chi connectivity index (χ0v) is 17.1. The standard InChI is InChI=1S/C22H31NO2.ClH/c1-4-6-15-23(16-7-5-2)17-14-21(24)19-12-13-22(25-3)20-11-9-8-10-18(19)20;/h8-13H,4-7,14-17H2,1-3H3;1H. The average molecular weight is 378 g/mol. The van der Waals surface area contributed by atoms with Gasteiger partial charge in [0.2, 0.25) is 0 Å². The number of methoxy groups -OCH3 is 1. The van der Waals surface area contributed by atoms with Crippen molar-refractivity contribution in [2.24, 2.45) is 0 Å². The van der Waals surface area contributed by atoms with E-state index in [9.17, 15) is 4.79 Å². The molecule has 0 bridgehead atoms. The van der Waals surface area contributed by atoms with Crippen molar-refractivity contribution in [1.29, 1.82) is 0 Å². The molecule has 2 rings (SSSR count). The zero-order chi connectivity index (χ0) is 18.1. The molecule has 0 aliphatic carbocycles. The number of ketones is 1.